The Labute approximate surface area is 154 Å². The van der Waals surface area contributed by atoms with Crippen molar-refractivity contribution in [3.8, 4) is 5.75 Å². The van der Waals surface area contributed by atoms with Gasteiger partial charge in [0, 0.05) is 22.3 Å². The first-order chi connectivity index (χ1) is 11.7. The van der Waals surface area contributed by atoms with Crippen LogP contribution >= 0.6 is 15.9 Å². The lowest BCUT2D eigenvalue weighted by Crippen LogP contribution is -2.30. The van der Waals surface area contributed by atoms with Gasteiger partial charge in [0.15, 0.2) is 6.10 Å². The molecule has 7 heteroatoms. The lowest BCUT2D eigenvalue weighted by Gasteiger charge is -2.19. The quantitative estimate of drug-likeness (QED) is 0.576. The maximum Gasteiger partial charge on any atom is 0.269 e. The fourth-order valence-electron chi connectivity index (χ4n) is 2.45. The van der Waals surface area contributed by atoms with E-state index in [0.29, 0.717) is 17.0 Å². The Morgan fingerprint density at radius 3 is 2.28 bits per heavy atom. The number of nitrogens with one attached hydrogen (secondary N) is 1. The molecule has 0 aromatic heterocycles. The van der Waals surface area contributed by atoms with Crippen LogP contribution in [0.15, 0.2) is 34.8 Å². The summed E-state index contributed by atoms with van der Waals surface area (Å²) in [5.41, 5.74) is 2.98. The highest BCUT2D eigenvalue weighted by atomic mass is 79.9. The van der Waals surface area contributed by atoms with Crippen LogP contribution in [0, 0.1) is 30.9 Å². The molecule has 0 saturated carbocycles. The van der Waals surface area contributed by atoms with Gasteiger partial charge < -0.3 is 10.1 Å². The van der Waals surface area contributed by atoms with E-state index in [1.807, 2.05) is 26.0 Å². The molecule has 0 saturated heterocycles. The zero-order valence-electron chi connectivity index (χ0n) is 14.4. The largest absolute Gasteiger partial charge is 0.480 e. The van der Waals surface area contributed by atoms with Crippen LogP contribution in [0.5, 0.6) is 5.75 Å². The SMILES string of the molecule is Cc1cc([N+](=O)[O-])ccc1NC(=O)C(C)Oc1c(C)cc(Br)cc1C. The molecule has 2 aromatic carbocycles. The number of carbonyl (C=O) groups is 1. The molecule has 0 spiro atoms. The highest BCUT2D eigenvalue weighted by molar-refractivity contribution is 9.10. The number of anilines is 1. The molecular weight excluding hydrogens is 388 g/mol. The third-order valence-corrected chi connectivity index (χ3v) is 4.23. The standard InChI is InChI=1S/C18H19BrN2O4/c1-10-9-15(21(23)24)5-6-16(10)20-18(22)13(4)25-17-11(2)7-14(19)8-12(17)3/h5-9,13H,1-4H3,(H,20,22). The van der Waals surface area contributed by atoms with Crippen molar-refractivity contribution >= 4 is 33.2 Å². The summed E-state index contributed by atoms with van der Waals surface area (Å²) in [6, 6.07) is 8.15. The van der Waals surface area contributed by atoms with E-state index in [1.165, 1.54) is 18.2 Å². The normalized spacial score (nSPS) is 11.7. The average Bonchev–Trinajstić information content (AvgIpc) is 2.52. The number of aryl methyl sites for hydroxylation is 3. The number of carbonyl (C=O) groups excluding carboxylic acids is 1. The zero-order chi connectivity index (χ0) is 18.7. The average molecular weight is 407 g/mol. The Bertz CT molecular complexity index is 813. The third kappa shape index (κ3) is 4.57. The van der Waals surface area contributed by atoms with Gasteiger partial charge >= 0.3 is 0 Å². The summed E-state index contributed by atoms with van der Waals surface area (Å²) in [6.07, 6.45) is -0.715. The number of hydrogen-bond donors (Lipinski definition) is 1. The van der Waals surface area contributed by atoms with E-state index in [0.717, 1.165) is 15.6 Å². The molecule has 1 amide bonds. The van der Waals surface area contributed by atoms with Gasteiger partial charge in [-0.15, -0.1) is 0 Å². The summed E-state index contributed by atoms with van der Waals surface area (Å²) in [5.74, 6) is 0.352. The van der Waals surface area contributed by atoms with Crippen molar-refractivity contribution < 1.29 is 14.5 Å². The Kier molecular flexibility index (Phi) is 5.79. The molecule has 132 valence electrons. The number of amides is 1. The van der Waals surface area contributed by atoms with Gasteiger partial charge in [0.05, 0.1) is 4.92 Å². The van der Waals surface area contributed by atoms with Gasteiger partial charge in [-0.2, -0.15) is 0 Å². The second-order valence-corrected chi connectivity index (χ2v) is 6.79. The molecule has 1 N–H and O–H groups in total. The minimum atomic E-state index is -0.715. The van der Waals surface area contributed by atoms with E-state index < -0.39 is 11.0 Å². The van der Waals surface area contributed by atoms with E-state index in [9.17, 15) is 14.9 Å². The summed E-state index contributed by atoms with van der Waals surface area (Å²) in [6.45, 7) is 7.20. The van der Waals surface area contributed by atoms with E-state index in [1.54, 1.807) is 13.8 Å². The number of benzene rings is 2. The minimum Gasteiger partial charge on any atom is -0.480 e. The molecule has 2 aromatic rings. The monoisotopic (exact) mass is 406 g/mol. The summed E-state index contributed by atoms with van der Waals surface area (Å²) in [7, 11) is 0. The molecule has 0 aliphatic rings. The Balaban J connectivity index is 2.12. The topological polar surface area (TPSA) is 81.5 Å². The molecule has 0 aliphatic carbocycles. The van der Waals surface area contributed by atoms with E-state index in [4.69, 9.17) is 4.74 Å². The number of nitrogens with zero attached hydrogens (tertiary/aromatic N) is 1. The first kappa shape index (κ1) is 18.9. The predicted octanol–water partition coefficient (Wildman–Crippen LogP) is 4.69. The summed E-state index contributed by atoms with van der Waals surface area (Å²) >= 11 is 3.43. The second kappa shape index (κ2) is 7.65. The maximum absolute atomic E-state index is 12.4. The summed E-state index contributed by atoms with van der Waals surface area (Å²) in [4.78, 5) is 22.7. The fraction of sp³-hybridized carbons (Fsp3) is 0.278. The Hall–Kier alpha value is -2.41. The lowest BCUT2D eigenvalue weighted by atomic mass is 10.1. The zero-order valence-corrected chi connectivity index (χ0v) is 16.0. The molecule has 1 unspecified atom stereocenters. The van der Waals surface area contributed by atoms with Gasteiger partial charge in [0.1, 0.15) is 5.75 Å². The number of non-ortho nitro benzene ring substituents is 1. The van der Waals surface area contributed by atoms with Crippen LogP contribution < -0.4 is 10.1 Å². The number of hydrogen-bond acceptors (Lipinski definition) is 4. The first-order valence-corrected chi connectivity index (χ1v) is 8.47. The third-order valence-electron chi connectivity index (χ3n) is 3.77. The molecule has 0 bridgehead atoms. The van der Waals surface area contributed by atoms with Crippen LogP contribution in [0.3, 0.4) is 0 Å². The van der Waals surface area contributed by atoms with Crippen LogP contribution in [0.4, 0.5) is 11.4 Å². The predicted molar refractivity (Wildman–Crippen MR) is 100 cm³/mol. The lowest BCUT2D eigenvalue weighted by molar-refractivity contribution is -0.384. The van der Waals surface area contributed by atoms with Gasteiger partial charge in [0.25, 0.3) is 11.6 Å². The number of rotatable bonds is 5. The highest BCUT2D eigenvalue weighted by Gasteiger charge is 2.19. The molecule has 25 heavy (non-hydrogen) atoms. The van der Waals surface area contributed by atoms with Gasteiger partial charge in [-0.3, -0.25) is 14.9 Å². The highest BCUT2D eigenvalue weighted by Crippen LogP contribution is 2.28. The van der Waals surface area contributed by atoms with Gasteiger partial charge in [-0.05, 0) is 62.6 Å². The first-order valence-electron chi connectivity index (χ1n) is 7.68. The number of ether oxygens (including phenoxy) is 1. The molecule has 6 nitrogen and oxygen atoms in total. The summed E-state index contributed by atoms with van der Waals surface area (Å²) < 4.78 is 6.78. The molecule has 0 aliphatic heterocycles. The maximum atomic E-state index is 12.4. The van der Waals surface area contributed by atoms with E-state index in [2.05, 4.69) is 21.2 Å². The van der Waals surface area contributed by atoms with Gasteiger partial charge in [-0.25, -0.2) is 0 Å². The Morgan fingerprint density at radius 1 is 1.16 bits per heavy atom. The van der Waals surface area contributed by atoms with Crippen molar-refractivity contribution in [1.82, 2.24) is 0 Å². The van der Waals surface area contributed by atoms with Crippen LogP contribution in [0.2, 0.25) is 0 Å². The van der Waals surface area contributed by atoms with Crippen molar-refractivity contribution in [1.29, 1.82) is 0 Å². The minimum absolute atomic E-state index is 0.0130. The second-order valence-electron chi connectivity index (χ2n) is 5.87. The van der Waals surface area contributed by atoms with Crippen LogP contribution in [-0.4, -0.2) is 16.9 Å². The molecule has 2 rings (SSSR count). The molecule has 1 atom stereocenters. The van der Waals surface area contributed by atoms with E-state index in [-0.39, 0.29) is 11.6 Å². The van der Waals surface area contributed by atoms with Crippen molar-refractivity contribution in [2.75, 3.05) is 5.32 Å². The molecular formula is C18H19BrN2O4. The van der Waals surface area contributed by atoms with Crippen molar-refractivity contribution in [3.63, 3.8) is 0 Å². The van der Waals surface area contributed by atoms with Crippen molar-refractivity contribution in [3.05, 3.63) is 61.6 Å². The van der Waals surface area contributed by atoms with Crippen molar-refractivity contribution in [2.45, 2.75) is 33.8 Å². The van der Waals surface area contributed by atoms with Gasteiger partial charge in [-0.1, -0.05) is 15.9 Å². The van der Waals surface area contributed by atoms with Crippen molar-refractivity contribution in [2.24, 2.45) is 0 Å². The van der Waals surface area contributed by atoms with Crippen LogP contribution in [0.1, 0.15) is 23.6 Å². The smallest absolute Gasteiger partial charge is 0.269 e. The van der Waals surface area contributed by atoms with Crippen LogP contribution in [0.25, 0.3) is 0 Å². The fourth-order valence-corrected chi connectivity index (χ4v) is 3.14. The molecule has 0 radical (unpaired) electrons. The van der Waals surface area contributed by atoms with Gasteiger partial charge in [0.2, 0.25) is 0 Å². The number of nitro benzene ring substituents is 1. The number of nitro groups is 1. The molecule has 0 fully saturated rings. The molecule has 0 heterocycles. The summed E-state index contributed by atoms with van der Waals surface area (Å²) in [5, 5.41) is 13.5. The van der Waals surface area contributed by atoms with E-state index >= 15 is 0 Å². The number of halogens is 1. The van der Waals surface area contributed by atoms with Crippen LogP contribution in [-0.2, 0) is 4.79 Å². The Morgan fingerprint density at radius 2 is 1.76 bits per heavy atom.